The molecule has 0 spiro atoms. The van der Waals surface area contributed by atoms with Gasteiger partial charge in [0.05, 0.1) is 17.7 Å². The number of fused-ring (bicyclic) bond motifs is 1. The number of H-pyrrole nitrogens is 1. The minimum atomic E-state index is -1.11. The quantitative estimate of drug-likeness (QED) is 0.847. The van der Waals surface area contributed by atoms with E-state index in [1.807, 2.05) is 0 Å². The molecule has 2 aromatic heterocycles. The number of imidazole rings is 1. The molecule has 0 aliphatic carbocycles. The molecule has 8 nitrogen and oxygen atoms in total. The molecule has 21 heavy (non-hydrogen) atoms. The summed E-state index contributed by atoms with van der Waals surface area (Å²) >= 11 is 0. The largest absolute Gasteiger partial charge is 0.479 e. The highest BCUT2D eigenvalue weighted by Gasteiger charge is 2.39. The number of nitrogens with zero attached hydrogens (tertiary/aromatic N) is 3. The Labute approximate surface area is 119 Å². The first-order valence-corrected chi connectivity index (χ1v) is 6.49. The number of carbonyl (C=O) groups excluding carboxylic acids is 1. The summed E-state index contributed by atoms with van der Waals surface area (Å²) in [6.07, 6.45) is 1.98. The molecule has 0 bridgehead atoms. The van der Waals surface area contributed by atoms with Crippen LogP contribution >= 0.6 is 0 Å². The lowest BCUT2D eigenvalue weighted by atomic mass is 10.0. The number of carboxylic acid groups (broad SMARTS) is 1. The Kier molecular flexibility index (Phi) is 3.00. The Morgan fingerprint density at radius 3 is 2.86 bits per heavy atom. The maximum absolute atomic E-state index is 12.7. The van der Waals surface area contributed by atoms with Crippen LogP contribution in [-0.4, -0.2) is 43.6 Å². The summed E-state index contributed by atoms with van der Waals surface area (Å²) in [5.41, 5.74) is 1.91. The van der Waals surface area contributed by atoms with E-state index >= 15 is 0 Å². The molecule has 2 aromatic rings. The molecule has 1 aliphatic rings. The van der Waals surface area contributed by atoms with E-state index in [-0.39, 0.29) is 0 Å². The molecule has 0 radical (unpaired) electrons. The Bertz CT molecular complexity index is 698. The third-order valence-corrected chi connectivity index (χ3v) is 3.67. The number of hydrogen-bond donors (Lipinski definition) is 2. The van der Waals surface area contributed by atoms with E-state index in [0.717, 1.165) is 5.69 Å². The Morgan fingerprint density at radius 1 is 1.48 bits per heavy atom. The van der Waals surface area contributed by atoms with E-state index in [4.69, 9.17) is 4.52 Å². The van der Waals surface area contributed by atoms with E-state index in [9.17, 15) is 14.7 Å². The van der Waals surface area contributed by atoms with Gasteiger partial charge in [0.2, 0.25) is 0 Å². The average Bonchev–Trinajstić information content (AvgIpc) is 3.03. The van der Waals surface area contributed by atoms with E-state index in [2.05, 4.69) is 15.1 Å². The first kappa shape index (κ1) is 13.3. The highest BCUT2D eigenvalue weighted by molar-refractivity contribution is 5.98. The number of rotatable bonds is 2. The number of aryl methyl sites for hydroxylation is 2. The van der Waals surface area contributed by atoms with Gasteiger partial charge in [0.1, 0.15) is 11.3 Å². The van der Waals surface area contributed by atoms with Crippen LogP contribution in [0.2, 0.25) is 0 Å². The van der Waals surface area contributed by atoms with Gasteiger partial charge in [-0.3, -0.25) is 4.79 Å². The molecular weight excluding hydrogens is 276 g/mol. The second kappa shape index (κ2) is 4.72. The van der Waals surface area contributed by atoms with Crippen molar-refractivity contribution in [1.82, 2.24) is 20.0 Å². The number of amides is 1. The van der Waals surface area contributed by atoms with Crippen LogP contribution in [0, 0.1) is 13.8 Å². The maximum atomic E-state index is 12.7. The monoisotopic (exact) mass is 290 g/mol. The molecule has 0 fully saturated rings. The van der Waals surface area contributed by atoms with Crippen molar-refractivity contribution in [3.05, 3.63) is 34.7 Å². The molecule has 0 saturated carbocycles. The Balaban J connectivity index is 2.02. The molecule has 8 heteroatoms. The van der Waals surface area contributed by atoms with Gasteiger partial charge >= 0.3 is 5.97 Å². The Morgan fingerprint density at radius 2 is 2.24 bits per heavy atom. The lowest BCUT2D eigenvalue weighted by molar-refractivity contribution is -0.143. The molecule has 3 heterocycles. The van der Waals surface area contributed by atoms with Crippen molar-refractivity contribution in [2.45, 2.75) is 26.3 Å². The van der Waals surface area contributed by atoms with Gasteiger partial charge in [0.15, 0.2) is 6.04 Å². The van der Waals surface area contributed by atoms with E-state index < -0.39 is 17.9 Å². The standard InChI is InChI=1S/C13H14N4O4/c1-6-9(7(2)21-16-6)12(18)17-4-3-8-10(15-5-14-8)11(17)13(19)20/h5,11H,3-4H2,1-2H3,(H,14,15)(H,19,20)/t11-/m0/s1. The normalized spacial score (nSPS) is 17.6. The zero-order valence-electron chi connectivity index (χ0n) is 11.6. The van der Waals surface area contributed by atoms with Crippen LogP contribution < -0.4 is 0 Å². The summed E-state index contributed by atoms with van der Waals surface area (Å²) in [4.78, 5) is 32.5. The van der Waals surface area contributed by atoms with Crippen LogP contribution in [-0.2, 0) is 11.2 Å². The van der Waals surface area contributed by atoms with Crippen LogP contribution in [0.5, 0.6) is 0 Å². The van der Waals surface area contributed by atoms with Crippen molar-refractivity contribution >= 4 is 11.9 Å². The Hall–Kier alpha value is -2.64. The predicted octanol–water partition coefficient (Wildman–Crippen LogP) is 0.839. The van der Waals surface area contributed by atoms with Gasteiger partial charge < -0.3 is 19.5 Å². The maximum Gasteiger partial charge on any atom is 0.332 e. The number of carbonyl (C=O) groups is 2. The zero-order valence-corrected chi connectivity index (χ0v) is 11.6. The zero-order chi connectivity index (χ0) is 15.1. The van der Waals surface area contributed by atoms with Crippen LogP contribution in [0.3, 0.4) is 0 Å². The molecular formula is C13H14N4O4. The minimum absolute atomic E-state index is 0.301. The SMILES string of the molecule is Cc1noc(C)c1C(=O)N1CCc2[nH]cnc2[C@H]1C(=O)O. The second-order valence-electron chi connectivity index (χ2n) is 4.95. The third kappa shape index (κ3) is 1.99. The summed E-state index contributed by atoms with van der Waals surface area (Å²) in [7, 11) is 0. The van der Waals surface area contributed by atoms with Crippen LogP contribution in [0.4, 0.5) is 0 Å². The van der Waals surface area contributed by atoms with Gasteiger partial charge in [0.25, 0.3) is 5.91 Å². The number of aromatic nitrogens is 3. The van der Waals surface area contributed by atoms with E-state index in [1.165, 1.54) is 11.2 Å². The molecule has 110 valence electrons. The van der Waals surface area contributed by atoms with Crippen LogP contribution in [0.25, 0.3) is 0 Å². The number of aromatic amines is 1. The van der Waals surface area contributed by atoms with Crippen molar-refractivity contribution in [2.24, 2.45) is 0 Å². The van der Waals surface area contributed by atoms with Crippen molar-refractivity contribution in [1.29, 1.82) is 0 Å². The number of aliphatic carboxylic acids is 1. The fourth-order valence-electron chi connectivity index (χ4n) is 2.68. The van der Waals surface area contributed by atoms with Gasteiger partial charge in [-0.25, -0.2) is 9.78 Å². The minimum Gasteiger partial charge on any atom is -0.479 e. The summed E-state index contributed by atoms with van der Waals surface area (Å²) in [6.45, 7) is 3.59. The fourth-order valence-corrected chi connectivity index (χ4v) is 2.68. The summed E-state index contributed by atoms with van der Waals surface area (Å²) in [6, 6.07) is -1.10. The predicted molar refractivity (Wildman–Crippen MR) is 69.7 cm³/mol. The fraction of sp³-hybridized carbons (Fsp3) is 0.385. The van der Waals surface area contributed by atoms with Gasteiger partial charge in [-0.15, -0.1) is 0 Å². The van der Waals surface area contributed by atoms with Gasteiger partial charge in [-0.05, 0) is 13.8 Å². The topological polar surface area (TPSA) is 112 Å². The average molecular weight is 290 g/mol. The first-order valence-electron chi connectivity index (χ1n) is 6.49. The molecule has 2 N–H and O–H groups in total. The van der Waals surface area contributed by atoms with Gasteiger partial charge in [-0.1, -0.05) is 5.16 Å². The number of hydrogen-bond acceptors (Lipinski definition) is 5. The van der Waals surface area contributed by atoms with Gasteiger partial charge in [-0.2, -0.15) is 0 Å². The van der Waals surface area contributed by atoms with E-state index in [1.54, 1.807) is 13.8 Å². The van der Waals surface area contributed by atoms with Gasteiger partial charge in [0, 0.05) is 18.7 Å². The molecule has 0 aromatic carbocycles. The second-order valence-corrected chi connectivity index (χ2v) is 4.95. The summed E-state index contributed by atoms with van der Waals surface area (Å²) < 4.78 is 4.99. The molecule has 0 unspecified atom stereocenters. The third-order valence-electron chi connectivity index (χ3n) is 3.67. The lowest BCUT2D eigenvalue weighted by Gasteiger charge is -2.32. The molecule has 1 atom stereocenters. The van der Waals surface area contributed by atoms with E-state index in [0.29, 0.717) is 35.7 Å². The highest BCUT2D eigenvalue weighted by Crippen LogP contribution is 2.30. The molecule has 3 rings (SSSR count). The number of nitrogens with one attached hydrogen (secondary N) is 1. The highest BCUT2D eigenvalue weighted by atomic mass is 16.5. The molecule has 0 saturated heterocycles. The first-order chi connectivity index (χ1) is 10.0. The van der Waals surface area contributed by atoms with Crippen molar-refractivity contribution < 1.29 is 19.2 Å². The van der Waals surface area contributed by atoms with Crippen LogP contribution in [0.15, 0.2) is 10.9 Å². The molecule has 1 aliphatic heterocycles. The number of carboxylic acids is 1. The summed E-state index contributed by atoms with van der Waals surface area (Å²) in [5.74, 6) is -1.12. The van der Waals surface area contributed by atoms with Crippen LogP contribution in [0.1, 0.15) is 39.2 Å². The molecule has 1 amide bonds. The van der Waals surface area contributed by atoms with Crippen molar-refractivity contribution in [3.63, 3.8) is 0 Å². The van der Waals surface area contributed by atoms with Crippen molar-refractivity contribution in [2.75, 3.05) is 6.54 Å². The summed E-state index contributed by atoms with van der Waals surface area (Å²) in [5, 5.41) is 13.2. The smallest absolute Gasteiger partial charge is 0.332 e. The van der Waals surface area contributed by atoms with Crippen molar-refractivity contribution in [3.8, 4) is 0 Å². The lowest BCUT2D eigenvalue weighted by Crippen LogP contribution is -2.44.